The Morgan fingerprint density at radius 2 is 2.19 bits per heavy atom. The molecule has 118 valence electrons. The molecule has 0 radical (unpaired) electrons. The molecule has 21 heavy (non-hydrogen) atoms. The summed E-state index contributed by atoms with van der Waals surface area (Å²) in [7, 11) is 0. The summed E-state index contributed by atoms with van der Waals surface area (Å²) >= 11 is 1.76. The maximum Gasteiger partial charge on any atom is 0.185 e. The second kappa shape index (κ2) is 7.07. The van der Waals surface area contributed by atoms with E-state index in [0.29, 0.717) is 5.41 Å². The molecule has 0 saturated carbocycles. The van der Waals surface area contributed by atoms with Gasteiger partial charge in [-0.05, 0) is 31.2 Å². The summed E-state index contributed by atoms with van der Waals surface area (Å²) in [5.74, 6) is 0. The molecule has 2 aliphatic rings. The van der Waals surface area contributed by atoms with Crippen molar-refractivity contribution in [3.63, 3.8) is 0 Å². The first kappa shape index (κ1) is 15.3. The van der Waals surface area contributed by atoms with Crippen molar-refractivity contribution in [2.75, 3.05) is 50.7 Å². The van der Waals surface area contributed by atoms with Gasteiger partial charge in [0.05, 0.1) is 0 Å². The van der Waals surface area contributed by atoms with E-state index in [1.54, 1.807) is 11.3 Å². The van der Waals surface area contributed by atoms with Gasteiger partial charge in [0.1, 0.15) is 0 Å². The van der Waals surface area contributed by atoms with Crippen LogP contribution in [-0.4, -0.2) is 55.7 Å². The van der Waals surface area contributed by atoms with E-state index >= 15 is 0 Å². The number of nitrogens with zero attached hydrogens (tertiary/aromatic N) is 3. The molecule has 1 N–H and O–H groups in total. The SMILES string of the molecule is CCCC1(CN2CCN(c3nccs3)CC2)CCCNC1. The summed E-state index contributed by atoms with van der Waals surface area (Å²) in [6.07, 6.45) is 7.34. The number of anilines is 1. The van der Waals surface area contributed by atoms with E-state index in [-0.39, 0.29) is 0 Å². The zero-order valence-electron chi connectivity index (χ0n) is 13.2. The molecule has 1 atom stereocenters. The lowest BCUT2D eigenvalue weighted by atomic mass is 9.76. The predicted octanol–water partition coefficient (Wildman–Crippen LogP) is 2.44. The minimum absolute atomic E-state index is 0.524. The van der Waals surface area contributed by atoms with Crippen LogP contribution in [0.15, 0.2) is 11.6 Å². The highest BCUT2D eigenvalue weighted by Crippen LogP contribution is 2.33. The lowest BCUT2D eigenvalue weighted by Crippen LogP contribution is -2.53. The fourth-order valence-electron chi connectivity index (χ4n) is 3.93. The van der Waals surface area contributed by atoms with Gasteiger partial charge in [-0.15, -0.1) is 11.3 Å². The van der Waals surface area contributed by atoms with E-state index < -0.39 is 0 Å². The normalized spacial score (nSPS) is 28.0. The molecular formula is C16H28N4S. The summed E-state index contributed by atoms with van der Waals surface area (Å²) in [4.78, 5) is 9.56. The molecule has 0 spiro atoms. The van der Waals surface area contributed by atoms with Crippen LogP contribution in [0.3, 0.4) is 0 Å². The van der Waals surface area contributed by atoms with Crippen molar-refractivity contribution in [1.29, 1.82) is 0 Å². The van der Waals surface area contributed by atoms with Crippen molar-refractivity contribution in [1.82, 2.24) is 15.2 Å². The lowest BCUT2D eigenvalue weighted by molar-refractivity contribution is 0.102. The number of aromatic nitrogens is 1. The van der Waals surface area contributed by atoms with Crippen LogP contribution in [0.5, 0.6) is 0 Å². The number of hydrogen-bond acceptors (Lipinski definition) is 5. The van der Waals surface area contributed by atoms with Gasteiger partial charge < -0.3 is 10.2 Å². The van der Waals surface area contributed by atoms with Crippen molar-refractivity contribution in [3.05, 3.63) is 11.6 Å². The third kappa shape index (κ3) is 3.76. The second-order valence-corrected chi connectivity index (χ2v) is 7.48. The van der Waals surface area contributed by atoms with Crippen LogP contribution in [0.1, 0.15) is 32.6 Å². The predicted molar refractivity (Wildman–Crippen MR) is 90.2 cm³/mol. The first-order valence-electron chi connectivity index (χ1n) is 8.39. The standard InChI is InChI=1S/C16H28N4S/c1-2-4-16(5-3-6-17-13-16)14-19-8-10-20(11-9-19)15-18-7-12-21-15/h7,12,17H,2-6,8-11,13-14H2,1H3. The monoisotopic (exact) mass is 308 g/mol. The van der Waals surface area contributed by atoms with E-state index in [0.717, 1.165) is 13.1 Å². The molecule has 0 aromatic carbocycles. The van der Waals surface area contributed by atoms with Gasteiger partial charge in [0, 0.05) is 50.8 Å². The Kier molecular flexibility index (Phi) is 5.14. The lowest BCUT2D eigenvalue weighted by Gasteiger charge is -2.44. The van der Waals surface area contributed by atoms with E-state index in [2.05, 4.69) is 32.4 Å². The van der Waals surface area contributed by atoms with E-state index in [1.165, 1.54) is 63.5 Å². The van der Waals surface area contributed by atoms with Gasteiger partial charge in [0.15, 0.2) is 5.13 Å². The maximum absolute atomic E-state index is 4.44. The van der Waals surface area contributed by atoms with Crippen LogP contribution in [0.2, 0.25) is 0 Å². The van der Waals surface area contributed by atoms with Crippen LogP contribution in [0.4, 0.5) is 5.13 Å². The van der Waals surface area contributed by atoms with Gasteiger partial charge >= 0.3 is 0 Å². The Labute approximate surface area is 132 Å². The Balaban J connectivity index is 1.53. The Morgan fingerprint density at radius 3 is 2.81 bits per heavy atom. The van der Waals surface area contributed by atoms with Crippen molar-refractivity contribution < 1.29 is 0 Å². The Morgan fingerprint density at radius 1 is 1.33 bits per heavy atom. The maximum atomic E-state index is 4.44. The fourth-order valence-corrected chi connectivity index (χ4v) is 4.63. The van der Waals surface area contributed by atoms with Gasteiger partial charge in [-0.3, -0.25) is 4.90 Å². The van der Waals surface area contributed by atoms with E-state index in [1.807, 2.05) is 6.20 Å². The first-order chi connectivity index (χ1) is 10.3. The van der Waals surface area contributed by atoms with Gasteiger partial charge in [-0.25, -0.2) is 4.98 Å². The largest absolute Gasteiger partial charge is 0.346 e. The quantitative estimate of drug-likeness (QED) is 0.905. The molecular weight excluding hydrogens is 280 g/mol. The highest BCUT2D eigenvalue weighted by Gasteiger charge is 2.34. The van der Waals surface area contributed by atoms with Gasteiger partial charge in [-0.2, -0.15) is 0 Å². The summed E-state index contributed by atoms with van der Waals surface area (Å²) in [6.45, 7) is 10.7. The average Bonchev–Trinajstić information content (AvgIpc) is 3.03. The number of thiazole rings is 1. The van der Waals surface area contributed by atoms with Crippen molar-refractivity contribution in [2.45, 2.75) is 32.6 Å². The van der Waals surface area contributed by atoms with Crippen LogP contribution in [0.25, 0.3) is 0 Å². The summed E-state index contributed by atoms with van der Waals surface area (Å²) < 4.78 is 0. The minimum Gasteiger partial charge on any atom is -0.346 e. The zero-order valence-corrected chi connectivity index (χ0v) is 14.0. The molecule has 3 rings (SSSR count). The van der Waals surface area contributed by atoms with Crippen molar-refractivity contribution in [2.24, 2.45) is 5.41 Å². The Hall–Kier alpha value is -0.650. The van der Waals surface area contributed by atoms with Gasteiger partial charge in [0.2, 0.25) is 0 Å². The minimum atomic E-state index is 0.524. The third-order valence-electron chi connectivity index (χ3n) is 4.96. The van der Waals surface area contributed by atoms with E-state index in [4.69, 9.17) is 0 Å². The fraction of sp³-hybridized carbons (Fsp3) is 0.812. The van der Waals surface area contributed by atoms with Crippen molar-refractivity contribution in [3.8, 4) is 0 Å². The number of piperazine rings is 1. The smallest absolute Gasteiger partial charge is 0.185 e. The van der Waals surface area contributed by atoms with Crippen LogP contribution < -0.4 is 10.2 Å². The Bertz CT molecular complexity index is 400. The van der Waals surface area contributed by atoms with Gasteiger partial charge in [-0.1, -0.05) is 13.3 Å². The summed E-state index contributed by atoms with van der Waals surface area (Å²) in [5, 5.41) is 6.90. The number of nitrogens with one attached hydrogen (secondary N) is 1. The molecule has 4 nitrogen and oxygen atoms in total. The van der Waals surface area contributed by atoms with Crippen LogP contribution in [0, 0.1) is 5.41 Å². The van der Waals surface area contributed by atoms with Crippen molar-refractivity contribution >= 4 is 16.5 Å². The first-order valence-corrected chi connectivity index (χ1v) is 9.27. The molecule has 1 aromatic rings. The number of piperidine rings is 1. The topological polar surface area (TPSA) is 31.4 Å². The molecule has 1 unspecified atom stereocenters. The van der Waals surface area contributed by atoms with Gasteiger partial charge in [0.25, 0.3) is 0 Å². The number of rotatable bonds is 5. The summed E-state index contributed by atoms with van der Waals surface area (Å²) in [5.41, 5.74) is 0.524. The second-order valence-electron chi connectivity index (χ2n) is 6.61. The molecule has 2 fully saturated rings. The molecule has 0 bridgehead atoms. The number of hydrogen-bond donors (Lipinski definition) is 1. The molecule has 2 aliphatic heterocycles. The average molecular weight is 308 g/mol. The third-order valence-corrected chi connectivity index (χ3v) is 5.79. The highest BCUT2D eigenvalue weighted by atomic mass is 32.1. The summed E-state index contributed by atoms with van der Waals surface area (Å²) in [6, 6.07) is 0. The molecule has 1 aromatic heterocycles. The molecule has 5 heteroatoms. The molecule has 3 heterocycles. The molecule has 0 aliphatic carbocycles. The van der Waals surface area contributed by atoms with Crippen LogP contribution >= 0.6 is 11.3 Å². The molecule has 0 amide bonds. The zero-order chi connectivity index (χ0) is 14.5. The van der Waals surface area contributed by atoms with Crippen LogP contribution in [-0.2, 0) is 0 Å². The molecule has 2 saturated heterocycles. The highest BCUT2D eigenvalue weighted by molar-refractivity contribution is 7.13. The van der Waals surface area contributed by atoms with E-state index in [9.17, 15) is 0 Å².